The molecule has 4 nitrogen and oxygen atoms in total. The first kappa shape index (κ1) is 8.01. The molecule has 0 saturated carbocycles. The number of carbonyl (C=O) groups excluding carboxylic acids is 1. The van der Waals surface area contributed by atoms with E-state index in [1.165, 1.54) is 6.92 Å². The fraction of sp³-hybridized carbons (Fsp3) is 0.875. The van der Waals surface area contributed by atoms with Crippen LogP contribution in [-0.2, 0) is 19.0 Å². The zero-order valence-corrected chi connectivity index (χ0v) is 6.99. The lowest BCUT2D eigenvalue weighted by Crippen LogP contribution is -2.25. The Kier molecular flexibility index (Phi) is 2.02. The number of rotatable bonds is 1. The molecular formula is C8H12O4. The first-order chi connectivity index (χ1) is 5.77. The first-order valence-corrected chi connectivity index (χ1v) is 4.18. The number of hydrogen-bond donors (Lipinski definition) is 0. The van der Waals surface area contributed by atoms with Crippen LogP contribution in [0.25, 0.3) is 0 Å². The van der Waals surface area contributed by atoms with Gasteiger partial charge in [-0.25, -0.2) is 0 Å². The summed E-state index contributed by atoms with van der Waals surface area (Å²) in [5.41, 5.74) is 0. The van der Waals surface area contributed by atoms with Crippen molar-refractivity contribution >= 4 is 5.97 Å². The summed E-state index contributed by atoms with van der Waals surface area (Å²) in [6.45, 7) is 2.62. The molecule has 0 aromatic carbocycles. The molecule has 68 valence electrons. The molecule has 2 fully saturated rings. The Morgan fingerprint density at radius 3 is 3.08 bits per heavy atom. The van der Waals surface area contributed by atoms with Gasteiger partial charge in [0, 0.05) is 6.92 Å². The molecule has 0 N–H and O–H groups in total. The molecule has 3 atom stereocenters. The highest BCUT2D eigenvalue weighted by Crippen LogP contribution is 2.32. The van der Waals surface area contributed by atoms with Crippen molar-refractivity contribution in [1.29, 1.82) is 0 Å². The van der Waals surface area contributed by atoms with Crippen LogP contribution in [0, 0.1) is 5.92 Å². The van der Waals surface area contributed by atoms with Crippen molar-refractivity contribution in [2.45, 2.75) is 25.7 Å². The number of fused-ring (bicyclic) bond motifs is 1. The van der Waals surface area contributed by atoms with E-state index in [-0.39, 0.29) is 24.3 Å². The van der Waals surface area contributed by atoms with Gasteiger partial charge in [0.05, 0.1) is 19.1 Å². The molecule has 0 aromatic rings. The van der Waals surface area contributed by atoms with Gasteiger partial charge in [-0.05, 0) is 6.42 Å². The molecule has 0 aliphatic carbocycles. The zero-order valence-electron chi connectivity index (χ0n) is 6.99. The first-order valence-electron chi connectivity index (χ1n) is 4.18. The molecule has 2 rings (SSSR count). The molecule has 2 aliphatic heterocycles. The highest BCUT2D eigenvalue weighted by atomic mass is 16.7. The van der Waals surface area contributed by atoms with Crippen molar-refractivity contribution in [2.24, 2.45) is 5.92 Å². The van der Waals surface area contributed by atoms with Gasteiger partial charge < -0.3 is 14.2 Å². The van der Waals surface area contributed by atoms with Crippen LogP contribution in [0.3, 0.4) is 0 Å². The van der Waals surface area contributed by atoms with Crippen LogP contribution in [0.4, 0.5) is 0 Å². The predicted octanol–water partition coefficient (Wildman–Crippen LogP) is 0.311. The van der Waals surface area contributed by atoms with E-state index in [0.717, 1.165) is 6.42 Å². The average Bonchev–Trinajstić information content (AvgIpc) is 2.52. The topological polar surface area (TPSA) is 44.8 Å². The maximum Gasteiger partial charge on any atom is 0.302 e. The van der Waals surface area contributed by atoms with Crippen LogP contribution in [-0.4, -0.2) is 31.6 Å². The van der Waals surface area contributed by atoms with Gasteiger partial charge in [-0.15, -0.1) is 0 Å². The van der Waals surface area contributed by atoms with Crippen LogP contribution < -0.4 is 0 Å². The summed E-state index contributed by atoms with van der Waals surface area (Å²) in [4.78, 5) is 10.7. The van der Waals surface area contributed by atoms with Crippen molar-refractivity contribution in [3.05, 3.63) is 0 Å². The fourth-order valence-corrected chi connectivity index (χ4v) is 1.76. The summed E-state index contributed by atoms with van der Waals surface area (Å²) in [5, 5.41) is 0. The number of ether oxygens (including phenoxy) is 3. The second kappa shape index (κ2) is 3.03. The quantitative estimate of drug-likeness (QED) is 0.534. The molecule has 2 heterocycles. The lowest BCUT2D eigenvalue weighted by atomic mass is 10.0. The van der Waals surface area contributed by atoms with Crippen LogP contribution in [0.2, 0.25) is 0 Å². The number of carbonyl (C=O) groups is 1. The summed E-state index contributed by atoms with van der Waals surface area (Å²) < 4.78 is 15.6. The molecule has 4 heteroatoms. The van der Waals surface area contributed by atoms with E-state index in [1.807, 2.05) is 0 Å². The van der Waals surface area contributed by atoms with Crippen LogP contribution in [0.5, 0.6) is 0 Å². The lowest BCUT2D eigenvalue weighted by Gasteiger charge is -2.13. The molecular weight excluding hydrogens is 160 g/mol. The van der Waals surface area contributed by atoms with E-state index >= 15 is 0 Å². The highest BCUT2D eigenvalue weighted by Gasteiger charge is 2.43. The molecule has 2 saturated heterocycles. The molecule has 0 aromatic heterocycles. The number of esters is 1. The standard InChI is InChI=1S/C8H12O4/c1-5(9)12-7-4-11-8-6(7)2-3-10-8/h6-8H,2-4H2,1H3/t6?,7?,8-/m1/s1. The minimum Gasteiger partial charge on any atom is -0.460 e. The summed E-state index contributed by atoms with van der Waals surface area (Å²) >= 11 is 0. The van der Waals surface area contributed by atoms with E-state index in [4.69, 9.17) is 14.2 Å². The fourth-order valence-electron chi connectivity index (χ4n) is 1.76. The van der Waals surface area contributed by atoms with Crippen molar-refractivity contribution < 1.29 is 19.0 Å². The molecule has 0 radical (unpaired) electrons. The maximum absolute atomic E-state index is 10.7. The Morgan fingerprint density at radius 1 is 1.50 bits per heavy atom. The van der Waals surface area contributed by atoms with Gasteiger partial charge in [0.2, 0.25) is 0 Å². The normalized spacial score (nSPS) is 39.6. The Labute approximate surface area is 70.8 Å². The Bertz CT molecular complexity index is 191. The molecule has 2 aliphatic rings. The van der Waals surface area contributed by atoms with E-state index in [0.29, 0.717) is 13.2 Å². The summed E-state index contributed by atoms with van der Waals surface area (Å²) in [7, 11) is 0. The largest absolute Gasteiger partial charge is 0.460 e. The Hall–Kier alpha value is -0.610. The van der Waals surface area contributed by atoms with Gasteiger partial charge in [0.15, 0.2) is 6.29 Å². The predicted molar refractivity (Wildman–Crippen MR) is 39.4 cm³/mol. The third-order valence-electron chi connectivity index (χ3n) is 2.30. The van der Waals surface area contributed by atoms with Gasteiger partial charge in [-0.2, -0.15) is 0 Å². The van der Waals surface area contributed by atoms with Crippen LogP contribution in [0.15, 0.2) is 0 Å². The second-order valence-electron chi connectivity index (χ2n) is 3.17. The average molecular weight is 172 g/mol. The van der Waals surface area contributed by atoms with Gasteiger partial charge >= 0.3 is 5.97 Å². The third kappa shape index (κ3) is 1.32. The summed E-state index contributed by atoms with van der Waals surface area (Å²) in [6, 6.07) is 0. The smallest absolute Gasteiger partial charge is 0.302 e. The van der Waals surface area contributed by atoms with E-state index in [1.54, 1.807) is 0 Å². The van der Waals surface area contributed by atoms with Crippen molar-refractivity contribution in [1.82, 2.24) is 0 Å². The van der Waals surface area contributed by atoms with Gasteiger partial charge in [-0.3, -0.25) is 4.79 Å². The van der Waals surface area contributed by atoms with Crippen LogP contribution in [0.1, 0.15) is 13.3 Å². The molecule has 0 bridgehead atoms. The van der Waals surface area contributed by atoms with E-state index in [9.17, 15) is 4.79 Å². The SMILES string of the molecule is CC(=O)OC1CO[C@H]2OCCC12. The second-order valence-corrected chi connectivity index (χ2v) is 3.17. The summed E-state index contributed by atoms with van der Waals surface area (Å²) in [5.74, 6) is 0.0186. The van der Waals surface area contributed by atoms with Crippen molar-refractivity contribution in [3.63, 3.8) is 0 Å². The molecule has 2 unspecified atom stereocenters. The van der Waals surface area contributed by atoms with Gasteiger partial charge in [0.25, 0.3) is 0 Å². The van der Waals surface area contributed by atoms with Crippen molar-refractivity contribution in [2.75, 3.05) is 13.2 Å². The van der Waals surface area contributed by atoms with Crippen molar-refractivity contribution in [3.8, 4) is 0 Å². The maximum atomic E-state index is 10.7. The summed E-state index contributed by atoms with van der Waals surface area (Å²) in [6.07, 6.45) is 0.715. The minimum absolute atomic E-state index is 0.0880. The van der Waals surface area contributed by atoms with E-state index in [2.05, 4.69) is 0 Å². The number of hydrogen-bond acceptors (Lipinski definition) is 4. The Morgan fingerprint density at radius 2 is 2.33 bits per heavy atom. The monoisotopic (exact) mass is 172 g/mol. The molecule has 12 heavy (non-hydrogen) atoms. The third-order valence-corrected chi connectivity index (χ3v) is 2.30. The van der Waals surface area contributed by atoms with Gasteiger partial charge in [0.1, 0.15) is 6.10 Å². The van der Waals surface area contributed by atoms with Crippen LogP contribution >= 0.6 is 0 Å². The highest BCUT2D eigenvalue weighted by molar-refractivity contribution is 5.66. The zero-order chi connectivity index (χ0) is 8.55. The molecule has 0 spiro atoms. The van der Waals surface area contributed by atoms with Gasteiger partial charge in [-0.1, -0.05) is 0 Å². The Balaban J connectivity index is 1.95. The lowest BCUT2D eigenvalue weighted by molar-refractivity contribution is -0.147. The molecule has 0 amide bonds. The minimum atomic E-state index is -0.240. The van der Waals surface area contributed by atoms with E-state index < -0.39 is 0 Å².